The molecular weight excluding hydrogens is 484 g/mol. The highest BCUT2D eigenvalue weighted by atomic mass is 15.1. The summed E-state index contributed by atoms with van der Waals surface area (Å²) in [5.74, 6) is 1.57. The molecule has 0 bridgehead atoms. The number of aromatic amines is 1. The number of fused-ring (bicyclic) bond motifs is 1. The van der Waals surface area contributed by atoms with E-state index in [-0.39, 0.29) is 0 Å². The Morgan fingerprint density at radius 3 is 2.67 bits per heavy atom. The number of hydrogen-bond donors (Lipinski definition) is 2. The van der Waals surface area contributed by atoms with Crippen molar-refractivity contribution in [3.05, 3.63) is 90.2 Å². The molecule has 0 atom stereocenters. The van der Waals surface area contributed by atoms with Crippen molar-refractivity contribution in [1.82, 2.24) is 34.4 Å². The molecule has 1 fully saturated rings. The number of piperidine rings is 1. The van der Waals surface area contributed by atoms with Gasteiger partial charge in [-0.15, -0.1) is 12.8 Å². The Morgan fingerprint density at radius 2 is 1.97 bits per heavy atom. The fraction of sp³-hybridized carbons (Fsp3) is 0.290. The molecule has 0 saturated carbocycles. The number of aromatic nitrogens is 6. The van der Waals surface area contributed by atoms with Gasteiger partial charge in [-0.1, -0.05) is 25.2 Å². The number of nitrogens with one attached hydrogen (secondary N) is 1. The van der Waals surface area contributed by atoms with Gasteiger partial charge < -0.3 is 10.7 Å². The van der Waals surface area contributed by atoms with Gasteiger partial charge in [0.05, 0.1) is 28.8 Å². The van der Waals surface area contributed by atoms with Gasteiger partial charge in [-0.05, 0) is 74.7 Å². The number of likely N-dealkylation sites (tertiary alicyclic amines) is 1. The number of allylic oxidation sites excluding steroid dienone is 3. The monoisotopic (exact) mass is 520 g/mol. The minimum absolute atomic E-state index is 0.557. The van der Waals surface area contributed by atoms with E-state index in [2.05, 4.69) is 62.5 Å². The lowest BCUT2D eigenvalue weighted by atomic mass is 10.0. The van der Waals surface area contributed by atoms with Crippen molar-refractivity contribution in [2.75, 3.05) is 25.4 Å². The van der Waals surface area contributed by atoms with Gasteiger partial charge in [0.25, 0.3) is 0 Å². The normalized spacial score (nSPS) is 14.7. The average molecular weight is 521 g/mol. The maximum absolute atomic E-state index is 6.36. The molecule has 1 aliphatic heterocycles. The molecule has 4 aromatic heterocycles. The van der Waals surface area contributed by atoms with Gasteiger partial charge in [0, 0.05) is 25.4 Å². The molecule has 8 heteroatoms. The molecule has 39 heavy (non-hydrogen) atoms. The zero-order chi connectivity index (χ0) is 27.8. The summed E-state index contributed by atoms with van der Waals surface area (Å²) in [5, 5.41) is 0. The number of terminal acetylenes is 1. The summed E-state index contributed by atoms with van der Waals surface area (Å²) in [5.41, 5.74) is 13.8. The first-order valence-corrected chi connectivity index (χ1v) is 13.2. The summed E-state index contributed by atoms with van der Waals surface area (Å²) in [4.78, 5) is 24.3. The Labute approximate surface area is 230 Å². The van der Waals surface area contributed by atoms with Gasteiger partial charge in [0.15, 0.2) is 5.82 Å². The molecule has 4 aromatic rings. The van der Waals surface area contributed by atoms with E-state index in [4.69, 9.17) is 10.7 Å². The molecule has 5 heterocycles. The number of nitrogen functional groups attached to an aromatic ring is 1. The van der Waals surface area contributed by atoms with E-state index >= 15 is 0 Å². The van der Waals surface area contributed by atoms with Crippen LogP contribution in [0.25, 0.3) is 22.4 Å². The first-order chi connectivity index (χ1) is 19.0. The van der Waals surface area contributed by atoms with E-state index in [1.807, 2.05) is 36.8 Å². The van der Waals surface area contributed by atoms with Crippen LogP contribution in [-0.2, 0) is 6.42 Å². The maximum atomic E-state index is 6.36. The van der Waals surface area contributed by atoms with Crippen molar-refractivity contribution < 1.29 is 0 Å². The fourth-order valence-electron chi connectivity index (χ4n) is 4.83. The van der Waals surface area contributed by atoms with Gasteiger partial charge in [-0.25, -0.2) is 15.0 Å². The maximum Gasteiger partial charge on any atom is 0.166 e. The standard InChI is InChI=1S/C29H34N8.C2H2/c1-4-21(18-36-11-7-6-8-12-36)13-22(5-2)26-14-23(24(30)16-32-26)15-27-34-25-9-10-31-29(28(25)35-27)37-17-20(3)33-19-37;1-2/h4-5,9-10,13-14,16-17,19H,1,6-8,11-12,15,18,30H2,2-3H3,(H,34,35);1-2H/b21-13+,22-5+;. The number of aryl methyl sites for hydroxylation is 1. The molecule has 0 amide bonds. The molecule has 0 aliphatic carbocycles. The number of pyridine rings is 2. The molecule has 5 rings (SSSR count). The molecule has 200 valence electrons. The quantitative estimate of drug-likeness (QED) is 0.242. The predicted octanol–water partition coefficient (Wildman–Crippen LogP) is 5.27. The SMILES string of the molecule is C#C.C=C/C(=C\C(=C/C)c1cc(Cc2nc3c(-n4cnc(C)c4)nccc3[nH]2)c(N)cn1)CN1CCCCC1. The molecule has 8 nitrogen and oxygen atoms in total. The van der Waals surface area contributed by atoms with Crippen LogP contribution in [-0.4, -0.2) is 54.0 Å². The number of hydrogen-bond acceptors (Lipinski definition) is 6. The minimum Gasteiger partial charge on any atom is -0.397 e. The number of nitrogens with zero attached hydrogens (tertiary/aromatic N) is 6. The zero-order valence-electron chi connectivity index (χ0n) is 22.8. The van der Waals surface area contributed by atoms with Crippen LogP contribution in [0, 0.1) is 19.8 Å². The lowest BCUT2D eigenvalue weighted by Crippen LogP contribution is -2.31. The smallest absolute Gasteiger partial charge is 0.166 e. The van der Waals surface area contributed by atoms with E-state index in [1.165, 1.54) is 24.8 Å². The second kappa shape index (κ2) is 12.9. The Morgan fingerprint density at radius 1 is 1.18 bits per heavy atom. The molecule has 0 spiro atoms. The fourth-order valence-corrected chi connectivity index (χ4v) is 4.83. The van der Waals surface area contributed by atoms with Crippen molar-refractivity contribution >= 4 is 22.3 Å². The van der Waals surface area contributed by atoms with Crippen LogP contribution in [0.3, 0.4) is 0 Å². The van der Waals surface area contributed by atoms with E-state index in [9.17, 15) is 0 Å². The number of nitrogens with two attached hydrogens (primary N) is 1. The Balaban J connectivity index is 0.00000172. The lowest BCUT2D eigenvalue weighted by Gasteiger charge is -2.26. The molecular formula is C31H36N8. The van der Waals surface area contributed by atoms with E-state index in [0.717, 1.165) is 64.8 Å². The van der Waals surface area contributed by atoms with Crippen molar-refractivity contribution in [2.45, 2.75) is 39.5 Å². The zero-order valence-corrected chi connectivity index (χ0v) is 22.8. The second-order valence-corrected chi connectivity index (χ2v) is 9.59. The first-order valence-electron chi connectivity index (χ1n) is 13.2. The van der Waals surface area contributed by atoms with Gasteiger partial charge in [0.1, 0.15) is 17.7 Å². The van der Waals surface area contributed by atoms with Gasteiger partial charge in [-0.2, -0.15) is 0 Å². The Hall–Kier alpha value is -4.48. The van der Waals surface area contributed by atoms with Crippen LogP contribution in [0.2, 0.25) is 0 Å². The minimum atomic E-state index is 0.557. The number of anilines is 1. The number of imidazole rings is 2. The molecule has 0 unspecified atom stereocenters. The third-order valence-electron chi connectivity index (χ3n) is 6.83. The van der Waals surface area contributed by atoms with E-state index in [1.54, 1.807) is 18.7 Å². The van der Waals surface area contributed by atoms with Crippen LogP contribution in [0.15, 0.2) is 67.4 Å². The summed E-state index contributed by atoms with van der Waals surface area (Å²) >= 11 is 0. The summed E-state index contributed by atoms with van der Waals surface area (Å²) in [6.07, 6.45) is 25.9. The highest BCUT2D eigenvalue weighted by Crippen LogP contribution is 2.25. The summed E-state index contributed by atoms with van der Waals surface area (Å²) in [7, 11) is 0. The Bertz CT molecular complexity index is 1510. The summed E-state index contributed by atoms with van der Waals surface area (Å²) in [6.45, 7) is 11.3. The van der Waals surface area contributed by atoms with Gasteiger partial charge >= 0.3 is 0 Å². The molecule has 3 N–H and O–H groups in total. The number of rotatable bonds is 8. The molecule has 1 aliphatic rings. The van der Waals surface area contributed by atoms with Crippen LogP contribution < -0.4 is 5.73 Å². The highest BCUT2D eigenvalue weighted by Gasteiger charge is 2.14. The van der Waals surface area contributed by atoms with Crippen molar-refractivity contribution in [3.63, 3.8) is 0 Å². The van der Waals surface area contributed by atoms with Crippen molar-refractivity contribution in [2.24, 2.45) is 0 Å². The topological polar surface area (TPSA) is 102 Å². The first kappa shape index (κ1) is 27.6. The second-order valence-electron chi connectivity index (χ2n) is 9.59. The summed E-state index contributed by atoms with van der Waals surface area (Å²) in [6, 6.07) is 4.00. The predicted molar refractivity (Wildman–Crippen MR) is 159 cm³/mol. The van der Waals surface area contributed by atoms with Crippen molar-refractivity contribution in [1.29, 1.82) is 0 Å². The average Bonchev–Trinajstić information content (AvgIpc) is 3.59. The number of H-pyrrole nitrogens is 1. The van der Waals surface area contributed by atoms with E-state index in [0.29, 0.717) is 12.1 Å². The third-order valence-corrected chi connectivity index (χ3v) is 6.83. The molecule has 0 aromatic carbocycles. The van der Waals surface area contributed by atoms with E-state index < -0.39 is 0 Å². The van der Waals surface area contributed by atoms with Crippen LogP contribution in [0.1, 0.15) is 49.0 Å². The van der Waals surface area contributed by atoms with Crippen LogP contribution in [0.4, 0.5) is 5.69 Å². The third kappa shape index (κ3) is 6.51. The largest absolute Gasteiger partial charge is 0.397 e. The lowest BCUT2D eigenvalue weighted by molar-refractivity contribution is 0.248. The summed E-state index contributed by atoms with van der Waals surface area (Å²) < 4.78 is 1.90. The Kier molecular flexibility index (Phi) is 9.08. The highest BCUT2D eigenvalue weighted by molar-refractivity contribution is 5.82. The molecule has 0 radical (unpaired) electrons. The molecule has 1 saturated heterocycles. The van der Waals surface area contributed by atoms with Gasteiger partial charge in [0.2, 0.25) is 0 Å². The van der Waals surface area contributed by atoms with Crippen LogP contribution >= 0.6 is 0 Å². The van der Waals surface area contributed by atoms with Gasteiger partial charge in [-0.3, -0.25) is 14.5 Å². The van der Waals surface area contributed by atoms with Crippen LogP contribution in [0.5, 0.6) is 0 Å². The van der Waals surface area contributed by atoms with Crippen molar-refractivity contribution in [3.8, 4) is 18.7 Å².